The van der Waals surface area contributed by atoms with Gasteiger partial charge in [-0.3, -0.25) is 4.90 Å². The van der Waals surface area contributed by atoms with E-state index in [1.54, 1.807) is 0 Å². The molecule has 0 saturated carbocycles. The van der Waals surface area contributed by atoms with Gasteiger partial charge in [0.05, 0.1) is 11.7 Å². The average molecular weight is 410 g/mol. The predicted molar refractivity (Wildman–Crippen MR) is 115 cm³/mol. The van der Waals surface area contributed by atoms with Gasteiger partial charge in [-0.15, -0.1) is 0 Å². The molecule has 0 unspecified atom stereocenters. The Morgan fingerprint density at radius 3 is 2.90 bits per heavy atom. The van der Waals surface area contributed by atoms with Crippen molar-refractivity contribution in [3.05, 3.63) is 59.4 Å². The zero-order valence-corrected chi connectivity index (χ0v) is 16.9. The summed E-state index contributed by atoms with van der Waals surface area (Å²) >= 11 is 6.13. The second-order valence-electron chi connectivity index (χ2n) is 7.83. The van der Waals surface area contributed by atoms with E-state index < -0.39 is 0 Å². The molecule has 0 spiro atoms. The summed E-state index contributed by atoms with van der Waals surface area (Å²) < 4.78 is 5.80. The van der Waals surface area contributed by atoms with E-state index in [9.17, 15) is 0 Å². The highest BCUT2D eigenvalue weighted by atomic mass is 35.5. The maximum absolute atomic E-state index is 6.16. The van der Waals surface area contributed by atoms with Crippen LogP contribution in [0.4, 0.5) is 11.5 Å². The van der Waals surface area contributed by atoms with Crippen molar-refractivity contribution in [2.24, 2.45) is 0 Å². The summed E-state index contributed by atoms with van der Waals surface area (Å²) in [5.41, 5.74) is 8.72. The molecule has 2 aromatic heterocycles. The molecule has 5 rings (SSSR count). The predicted octanol–water partition coefficient (Wildman–Crippen LogP) is 4.39. The highest BCUT2D eigenvalue weighted by Crippen LogP contribution is 2.38. The summed E-state index contributed by atoms with van der Waals surface area (Å²) in [4.78, 5) is 9.39. The molecule has 150 valence electrons. The minimum Gasteiger partial charge on any atom is -0.396 e. The van der Waals surface area contributed by atoms with Gasteiger partial charge >= 0.3 is 0 Å². The van der Waals surface area contributed by atoms with Crippen molar-refractivity contribution in [2.45, 2.75) is 31.3 Å². The van der Waals surface area contributed by atoms with Crippen LogP contribution in [0.15, 0.2) is 53.2 Å². The third-order valence-corrected chi connectivity index (χ3v) is 6.27. The van der Waals surface area contributed by atoms with Gasteiger partial charge in [0.2, 0.25) is 0 Å². The van der Waals surface area contributed by atoms with Crippen LogP contribution in [0.3, 0.4) is 0 Å². The van der Waals surface area contributed by atoms with Gasteiger partial charge in [-0.25, -0.2) is 4.98 Å². The molecule has 2 aliphatic heterocycles. The fourth-order valence-electron chi connectivity index (χ4n) is 4.65. The summed E-state index contributed by atoms with van der Waals surface area (Å²) in [6.07, 6.45) is 5.25. The molecular weight excluding hydrogens is 386 g/mol. The third kappa shape index (κ3) is 3.58. The molecule has 2 saturated heterocycles. The van der Waals surface area contributed by atoms with Crippen molar-refractivity contribution < 1.29 is 4.52 Å². The van der Waals surface area contributed by atoms with E-state index in [0.717, 1.165) is 54.6 Å². The number of anilines is 2. The molecule has 0 radical (unpaired) electrons. The van der Waals surface area contributed by atoms with E-state index in [-0.39, 0.29) is 6.04 Å². The fourth-order valence-corrected chi connectivity index (χ4v) is 4.84. The van der Waals surface area contributed by atoms with Gasteiger partial charge in [0.25, 0.3) is 0 Å². The topological polar surface area (TPSA) is 71.4 Å². The maximum Gasteiger partial charge on any atom is 0.154 e. The lowest BCUT2D eigenvalue weighted by Gasteiger charge is -2.47. The fraction of sp³-hybridized carbons (Fsp3) is 0.364. The molecule has 1 aromatic carbocycles. The van der Waals surface area contributed by atoms with Crippen LogP contribution >= 0.6 is 11.6 Å². The Kier molecular flexibility index (Phi) is 4.89. The van der Waals surface area contributed by atoms with Crippen LogP contribution in [0, 0.1) is 0 Å². The van der Waals surface area contributed by atoms with Crippen LogP contribution in [0.25, 0.3) is 11.3 Å². The second kappa shape index (κ2) is 7.69. The molecule has 0 aliphatic carbocycles. The number of nitrogens with two attached hydrogens (primary N) is 1. The number of benzene rings is 1. The highest BCUT2D eigenvalue weighted by molar-refractivity contribution is 6.30. The maximum atomic E-state index is 6.16. The lowest BCUT2D eigenvalue weighted by molar-refractivity contribution is 0.0558. The molecule has 4 heterocycles. The number of halogens is 1. The van der Waals surface area contributed by atoms with Gasteiger partial charge < -0.3 is 15.2 Å². The van der Waals surface area contributed by atoms with Gasteiger partial charge in [-0.05, 0) is 43.5 Å². The van der Waals surface area contributed by atoms with E-state index in [4.69, 9.17) is 21.9 Å². The molecule has 7 heteroatoms. The largest absolute Gasteiger partial charge is 0.396 e. The van der Waals surface area contributed by atoms with Crippen LogP contribution in [0.5, 0.6) is 0 Å². The van der Waals surface area contributed by atoms with Gasteiger partial charge in [0.1, 0.15) is 5.69 Å². The van der Waals surface area contributed by atoms with Crippen molar-refractivity contribution >= 4 is 23.1 Å². The molecule has 6 nitrogen and oxygen atoms in total. The minimum atomic E-state index is 0.261. The normalized spacial score (nSPS) is 22.4. The van der Waals surface area contributed by atoms with Crippen LogP contribution in [-0.2, 0) is 0 Å². The lowest BCUT2D eigenvalue weighted by atomic mass is 9.91. The molecule has 2 atom stereocenters. The summed E-state index contributed by atoms with van der Waals surface area (Å²) in [5, 5.41) is 5.02. The second-order valence-corrected chi connectivity index (χ2v) is 8.26. The van der Waals surface area contributed by atoms with E-state index in [2.05, 4.69) is 26.0 Å². The monoisotopic (exact) mass is 409 g/mol. The highest BCUT2D eigenvalue weighted by Gasteiger charge is 2.38. The van der Waals surface area contributed by atoms with Crippen molar-refractivity contribution in [3.63, 3.8) is 0 Å². The van der Waals surface area contributed by atoms with Crippen LogP contribution in [-0.4, -0.2) is 40.7 Å². The summed E-state index contributed by atoms with van der Waals surface area (Å²) in [6, 6.07) is 14.3. The van der Waals surface area contributed by atoms with Gasteiger partial charge in [-0.2, -0.15) is 0 Å². The Balaban J connectivity index is 1.35. The van der Waals surface area contributed by atoms with Crippen molar-refractivity contribution in [1.82, 2.24) is 15.0 Å². The number of rotatable bonds is 3. The van der Waals surface area contributed by atoms with Crippen LogP contribution < -0.4 is 10.6 Å². The van der Waals surface area contributed by atoms with E-state index in [1.807, 2.05) is 42.6 Å². The zero-order valence-electron chi connectivity index (χ0n) is 16.2. The molecule has 2 fully saturated rings. The van der Waals surface area contributed by atoms with E-state index in [1.165, 1.54) is 12.8 Å². The zero-order chi connectivity index (χ0) is 19.8. The first-order valence-corrected chi connectivity index (χ1v) is 10.5. The molecule has 3 aromatic rings. The Hall–Kier alpha value is -2.57. The van der Waals surface area contributed by atoms with Crippen molar-refractivity contribution in [3.8, 4) is 11.3 Å². The molecule has 0 bridgehead atoms. The van der Waals surface area contributed by atoms with Gasteiger partial charge in [0.15, 0.2) is 11.6 Å². The Morgan fingerprint density at radius 2 is 2.03 bits per heavy atom. The first-order valence-electron chi connectivity index (χ1n) is 10.1. The number of nitrogen functional groups attached to an aromatic ring is 1. The number of hydrogen-bond acceptors (Lipinski definition) is 6. The summed E-state index contributed by atoms with van der Waals surface area (Å²) in [6.45, 7) is 2.80. The number of hydrogen-bond donors (Lipinski definition) is 1. The number of pyridine rings is 1. The van der Waals surface area contributed by atoms with E-state index >= 15 is 0 Å². The molecule has 0 amide bonds. The minimum absolute atomic E-state index is 0.261. The Morgan fingerprint density at radius 1 is 1.10 bits per heavy atom. The molecular formula is C22H24ClN5O. The SMILES string of the molecule is Nc1cccnc1N1CCN2[C@@H](CCC[C@@H]2c2cc(-c3cccc(Cl)c3)no2)C1. The van der Waals surface area contributed by atoms with Crippen LogP contribution in [0.1, 0.15) is 31.1 Å². The Bertz CT molecular complexity index is 1010. The van der Waals surface area contributed by atoms with Crippen LogP contribution in [0.2, 0.25) is 5.02 Å². The smallest absolute Gasteiger partial charge is 0.154 e. The first kappa shape index (κ1) is 18.5. The van der Waals surface area contributed by atoms with Crippen molar-refractivity contribution in [2.75, 3.05) is 30.3 Å². The molecule has 29 heavy (non-hydrogen) atoms. The molecule has 2 aliphatic rings. The number of nitrogens with zero attached hydrogens (tertiary/aromatic N) is 4. The summed E-state index contributed by atoms with van der Waals surface area (Å²) in [5.74, 6) is 1.84. The number of piperidine rings is 1. The quantitative estimate of drug-likeness (QED) is 0.691. The average Bonchev–Trinajstić information content (AvgIpc) is 3.23. The number of piperazine rings is 1. The van der Waals surface area contributed by atoms with Gasteiger partial charge in [0, 0.05) is 48.5 Å². The van der Waals surface area contributed by atoms with E-state index in [0.29, 0.717) is 11.1 Å². The first-order chi connectivity index (χ1) is 14.2. The standard InChI is InChI=1S/C22H24ClN5O/c23-16-5-1-4-15(12-16)19-13-21(29-26-19)20-8-2-6-17-14-27(10-11-28(17)20)22-18(24)7-3-9-25-22/h1,3-5,7,9,12-13,17,20H,2,6,8,10-11,14,24H2/t17-,20+/m0/s1. The Labute approximate surface area is 175 Å². The molecule has 2 N–H and O–H groups in total. The summed E-state index contributed by atoms with van der Waals surface area (Å²) in [7, 11) is 0. The third-order valence-electron chi connectivity index (χ3n) is 6.04. The number of fused-ring (bicyclic) bond motifs is 1. The lowest BCUT2D eigenvalue weighted by Crippen LogP contribution is -2.56. The van der Waals surface area contributed by atoms with Gasteiger partial charge in [-0.1, -0.05) is 28.9 Å². The van der Waals surface area contributed by atoms with Crippen molar-refractivity contribution in [1.29, 1.82) is 0 Å². The number of aromatic nitrogens is 2.